The van der Waals surface area contributed by atoms with Gasteiger partial charge in [-0.3, -0.25) is 4.79 Å². The molecule has 0 saturated carbocycles. The highest BCUT2D eigenvalue weighted by molar-refractivity contribution is 7.80. The smallest absolute Gasteiger partial charge is 0.226 e. The van der Waals surface area contributed by atoms with Crippen LogP contribution in [0.2, 0.25) is 5.02 Å². The van der Waals surface area contributed by atoms with Gasteiger partial charge in [0.15, 0.2) is 5.11 Å². The summed E-state index contributed by atoms with van der Waals surface area (Å²) in [5.41, 5.74) is 0.701. The fraction of sp³-hybridized carbons (Fsp3) is 0.579. The number of thiocarbonyl (C=S) groups is 1. The Kier molecular flexibility index (Phi) is 11.5. The van der Waals surface area contributed by atoms with E-state index >= 15 is 0 Å². The van der Waals surface area contributed by atoms with Crippen molar-refractivity contribution < 1.29 is 4.79 Å². The number of para-hydroxylation sites is 1. The zero-order chi connectivity index (χ0) is 17.6. The maximum Gasteiger partial charge on any atom is 0.226 e. The van der Waals surface area contributed by atoms with Crippen LogP contribution >= 0.6 is 23.8 Å². The van der Waals surface area contributed by atoms with Crippen LogP contribution in [-0.2, 0) is 4.79 Å². The molecule has 1 rings (SSSR count). The number of amides is 1. The van der Waals surface area contributed by atoms with Crippen LogP contribution in [0, 0.1) is 0 Å². The van der Waals surface area contributed by atoms with Gasteiger partial charge in [0, 0.05) is 6.42 Å². The maximum absolute atomic E-state index is 11.9. The van der Waals surface area contributed by atoms with Gasteiger partial charge in [-0.2, -0.15) is 0 Å². The third kappa shape index (κ3) is 9.89. The molecule has 0 unspecified atom stereocenters. The molecule has 0 spiro atoms. The van der Waals surface area contributed by atoms with Crippen LogP contribution in [0.15, 0.2) is 24.3 Å². The highest BCUT2D eigenvalue weighted by Gasteiger charge is 2.06. The Morgan fingerprint density at radius 3 is 2.21 bits per heavy atom. The molecule has 24 heavy (non-hydrogen) atoms. The number of carbonyl (C=O) groups is 1. The highest BCUT2D eigenvalue weighted by atomic mass is 35.5. The summed E-state index contributed by atoms with van der Waals surface area (Å²) in [6.45, 7) is 2.24. The molecule has 0 aliphatic heterocycles. The highest BCUT2D eigenvalue weighted by Crippen LogP contribution is 2.20. The summed E-state index contributed by atoms with van der Waals surface area (Å²) in [4.78, 5) is 11.9. The van der Waals surface area contributed by atoms with E-state index in [1.54, 1.807) is 6.07 Å². The molecule has 0 aliphatic rings. The molecule has 0 heterocycles. The predicted molar refractivity (Wildman–Crippen MR) is 108 cm³/mol. The Balaban J connectivity index is 2.05. The van der Waals surface area contributed by atoms with Gasteiger partial charge >= 0.3 is 0 Å². The summed E-state index contributed by atoms with van der Waals surface area (Å²) in [5.74, 6) is -0.0394. The molecule has 0 atom stereocenters. The number of benzene rings is 1. The Hall–Kier alpha value is -1.13. The van der Waals surface area contributed by atoms with Crippen molar-refractivity contribution in [2.24, 2.45) is 0 Å². The van der Waals surface area contributed by atoms with Crippen LogP contribution in [0.1, 0.15) is 71.1 Å². The van der Waals surface area contributed by atoms with Crippen LogP contribution < -0.4 is 10.6 Å². The van der Waals surface area contributed by atoms with Gasteiger partial charge in [-0.05, 0) is 30.8 Å². The van der Waals surface area contributed by atoms with Crippen molar-refractivity contribution in [2.45, 2.75) is 71.1 Å². The number of rotatable bonds is 11. The van der Waals surface area contributed by atoms with Gasteiger partial charge in [-0.1, -0.05) is 82.0 Å². The number of hydrogen-bond donors (Lipinski definition) is 2. The summed E-state index contributed by atoms with van der Waals surface area (Å²) in [6, 6.07) is 7.30. The van der Waals surface area contributed by atoms with Crippen molar-refractivity contribution >= 4 is 40.5 Å². The SMILES string of the molecule is CCCCCCCCCCCC(=O)NC(=S)Nc1ccccc1Cl. The first-order valence-electron chi connectivity index (χ1n) is 8.99. The van der Waals surface area contributed by atoms with Crippen molar-refractivity contribution in [3.05, 3.63) is 29.3 Å². The van der Waals surface area contributed by atoms with Gasteiger partial charge in [-0.15, -0.1) is 0 Å². The third-order valence-electron chi connectivity index (χ3n) is 3.88. The zero-order valence-corrected chi connectivity index (χ0v) is 16.1. The number of carbonyl (C=O) groups excluding carboxylic acids is 1. The lowest BCUT2D eigenvalue weighted by Crippen LogP contribution is -2.33. The molecule has 0 saturated heterocycles. The fourth-order valence-corrected chi connectivity index (χ4v) is 2.91. The predicted octanol–water partition coefficient (Wildman–Crippen LogP) is 6.07. The first-order valence-corrected chi connectivity index (χ1v) is 9.77. The third-order valence-corrected chi connectivity index (χ3v) is 4.42. The van der Waals surface area contributed by atoms with Crippen molar-refractivity contribution in [2.75, 3.05) is 5.32 Å². The van der Waals surface area contributed by atoms with E-state index in [0.29, 0.717) is 22.2 Å². The number of hydrogen-bond acceptors (Lipinski definition) is 2. The maximum atomic E-state index is 11.9. The van der Waals surface area contributed by atoms with Gasteiger partial charge < -0.3 is 10.6 Å². The summed E-state index contributed by atoms with van der Waals surface area (Å²) in [5, 5.41) is 6.52. The van der Waals surface area contributed by atoms with E-state index in [0.717, 1.165) is 12.8 Å². The average molecular weight is 369 g/mol. The van der Waals surface area contributed by atoms with Crippen LogP contribution in [0.4, 0.5) is 5.69 Å². The van der Waals surface area contributed by atoms with E-state index in [1.807, 2.05) is 18.2 Å². The molecule has 3 nitrogen and oxygen atoms in total. The molecule has 0 bridgehead atoms. The molecular weight excluding hydrogens is 340 g/mol. The normalized spacial score (nSPS) is 10.4. The molecule has 5 heteroatoms. The van der Waals surface area contributed by atoms with Gasteiger partial charge in [0.25, 0.3) is 0 Å². The minimum Gasteiger partial charge on any atom is -0.331 e. The van der Waals surface area contributed by atoms with Crippen LogP contribution in [0.25, 0.3) is 0 Å². The van der Waals surface area contributed by atoms with Crippen molar-refractivity contribution in [3.8, 4) is 0 Å². The van der Waals surface area contributed by atoms with E-state index in [-0.39, 0.29) is 5.91 Å². The topological polar surface area (TPSA) is 41.1 Å². The van der Waals surface area contributed by atoms with Gasteiger partial charge in [0.1, 0.15) is 0 Å². The number of anilines is 1. The quantitative estimate of drug-likeness (QED) is 0.367. The van der Waals surface area contributed by atoms with E-state index in [2.05, 4.69) is 17.6 Å². The van der Waals surface area contributed by atoms with Crippen molar-refractivity contribution in [3.63, 3.8) is 0 Å². The Bertz CT molecular complexity index is 508. The molecule has 0 fully saturated rings. The van der Waals surface area contributed by atoms with Gasteiger partial charge in [0.2, 0.25) is 5.91 Å². The van der Waals surface area contributed by atoms with Crippen LogP contribution in [0.3, 0.4) is 0 Å². The van der Waals surface area contributed by atoms with Crippen molar-refractivity contribution in [1.82, 2.24) is 5.32 Å². The molecule has 0 radical (unpaired) electrons. The minimum absolute atomic E-state index is 0.0394. The largest absolute Gasteiger partial charge is 0.331 e. The van der Waals surface area contributed by atoms with Gasteiger partial charge in [-0.25, -0.2) is 0 Å². The second-order valence-corrected chi connectivity index (χ2v) is 6.88. The summed E-state index contributed by atoms with van der Waals surface area (Å²) >= 11 is 11.2. The Morgan fingerprint density at radius 1 is 1.00 bits per heavy atom. The Labute approximate surface area is 156 Å². The minimum atomic E-state index is -0.0394. The first-order chi connectivity index (χ1) is 11.6. The molecule has 0 aromatic heterocycles. The second kappa shape index (κ2) is 13.2. The first kappa shape index (κ1) is 20.9. The lowest BCUT2D eigenvalue weighted by atomic mass is 10.1. The lowest BCUT2D eigenvalue weighted by Gasteiger charge is -2.10. The molecule has 2 N–H and O–H groups in total. The second-order valence-electron chi connectivity index (χ2n) is 6.06. The average Bonchev–Trinajstić information content (AvgIpc) is 2.55. The van der Waals surface area contributed by atoms with Crippen LogP contribution in [0.5, 0.6) is 0 Å². The monoisotopic (exact) mass is 368 g/mol. The van der Waals surface area contributed by atoms with E-state index in [1.165, 1.54) is 44.9 Å². The zero-order valence-electron chi connectivity index (χ0n) is 14.6. The number of halogens is 1. The summed E-state index contributed by atoms with van der Waals surface area (Å²) in [7, 11) is 0. The molecular formula is C19H29ClN2OS. The fourth-order valence-electron chi connectivity index (χ4n) is 2.50. The van der Waals surface area contributed by atoms with Crippen molar-refractivity contribution in [1.29, 1.82) is 0 Å². The standard InChI is InChI=1S/C19H29ClN2OS/c1-2-3-4-5-6-7-8-9-10-15-18(23)22-19(24)21-17-14-12-11-13-16(17)20/h11-14H,2-10,15H2,1H3,(H2,21,22,23,24). The molecule has 1 aromatic rings. The number of unbranched alkanes of at least 4 members (excludes halogenated alkanes) is 8. The molecule has 0 aliphatic carbocycles. The van der Waals surface area contributed by atoms with E-state index < -0.39 is 0 Å². The number of nitrogens with one attached hydrogen (secondary N) is 2. The lowest BCUT2D eigenvalue weighted by molar-refractivity contribution is -0.119. The van der Waals surface area contributed by atoms with E-state index in [9.17, 15) is 4.79 Å². The molecule has 134 valence electrons. The molecule has 1 aromatic carbocycles. The van der Waals surface area contributed by atoms with Crippen LogP contribution in [-0.4, -0.2) is 11.0 Å². The van der Waals surface area contributed by atoms with Gasteiger partial charge in [0.05, 0.1) is 10.7 Å². The Morgan fingerprint density at radius 2 is 1.58 bits per heavy atom. The summed E-state index contributed by atoms with van der Waals surface area (Å²) in [6.07, 6.45) is 11.7. The summed E-state index contributed by atoms with van der Waals surface area (Å²) < 4.78 is 0. The van der Waals surface area contributed by atoms with E-state index in [4.69, 9.17) is 23.8 Å². The molecule has 1 amide bonds.